The molecule has 0 fully saturated rings. The SMILES string of the molecule is O=C(O)C=Cc1cccc2ccn(Cc3ccc4ccccc4c3)c12. The lowest BCUT2D eigenvalue weighted by atomic mass is 10.1. The van der Waals surface area contributed by atoms with Gasteiger partial charge in [-0.1, -0.05) is 54.6 Å². The molecule has 1 N–H and O–H groups in total. The highest BCUT2D eigenvalue weighted by atomic mass is 16.4. The van der Waals surface area contributed by atoms with Gasteiger partial charge in [-0.15, -0.1) is 0 Å². The van der Waals surface area contributed by atoms with E-state index in [-0.39, 0.29) is 0 Å². The van der Waals surface area contributed by atoms with Crippen LogP contribution in [0.1, 0.15) is 11.1 Å². The van der Waals surface area contributed by atoms with Crippen molar-refractivity contribution in [1.29, 1.82) is 0 Å². The number of hydrogen-bond acceptors (Lipinski definition) is 1. The van der Waals surface area contributed by atoms with Gasteiger partial charge in [-0.05, 0) is 40.1 Å². The maximum absolute atomic E-state index is 10.9. The molecule has 4 rings (SSSR count). The molecule has 0 saturated heterocycles. The van der Waals surface area contributed by atoms with Gasteiger partial charge in [0, 0.05) is 24.2 Å². The third-order valence-corrected chi connectivity index (χ3v) is 4.39. The highest BCUT2D eigenvalue weighted by Crippen LogP contribution is 2.24. The van der Waals surface area contributed by atoms with Crippen molar-refractivity contribution in [2.45, 2.75) is 6.54 Å². The van der Waals surface area contributed by atoms with Crippen LogP contribution in [0, 0.1) is 0 Å². The fraction of sp³-hybridized carbons (Fsp3) is 0.0455. The van der Waals surface area contributed by atoms with Crippen LogP contribution in [-0.4, -0.2) is 15.6 Å². The predicted octanol–water partition coefficient (Wildman–Crippen LogP) is 4.94. The normalized spacial score (nSPS) is 11.5. The van der Waals surface area contributed by atoms with Crippen molar-refractivity contribution >= 4 is 33.7 Å². The third-order valence-electron chi connectivity index (χ3n) is 4.39. The average molecular weight is 327 g/mol. The summed E-state index contributed by atoms with van der Waals surface area (Å²) in [7, 11) is 0. The first-order chi connectivity index (χ1) is 12.2. The van der Waals surface area contributed by atoms with E-state index >= 15 is 0 Å². The van der Waals surface area contributed by atoms with Gasteiger partial charge in [0.05, 0.1) is 5.52 Å². The second kappa shape index (κ2) is 6.29. The zero-order chi connectivity index (χ0) is 17.2. The van der Waals surface area contributed by atoms with Crippen LogP contribution in [0.15, 0.2) is 79.0 Å². The Balaban J connectivity index is 1.76. The molecule has 3 heteroatoms. The summed E-state index contributed by atoms with van der Waals surface area (Å²) in [4.78, 5) is 10.9. The molecule has 0 saturated carbocycles. The zero-order valence-corrected chi connectivity index (χ0v) is 13.6. The molecule has 4 aromatic rings. The van der Waals surface area contributed by atoms with E-state index in [0.29, 0.717) is 0 Å². The first kappa shape index (κ1) is 15.2. The van der Waals surface area contributed by atoms with Crippen LogP contribution in [0.4, 0.5) is 0 Å². The van der Waals surface area contributed by atoms with E-state index in [1.54, 1.807) is 6.08 Å². The van der Waals surface area contributed by atoms with Crippen LogP contribution in [-0.2, 0) is 11.3 Å². The van der Waals surface area contributed by atoms with Crippen LogP contribution in [0.3, 0.4) is 0 Å². The Morgan fingerprint density at radius 2 is 1.72 bits per heavy atom. The standard InChI is InChI=1S/C22H17NO2/c24-21(25)11-10-18-6-3-7-19-12-13-23(22(18)19)15-16-8-9-17-4-1-2-5-20(17)14-16/h1-14H,15H2,(H,24,25). The summed E-state index contributed by atoms with van der Waals surface area (Å²) < 4.78 is 2.17. The number of rotatable bonds is 4. The number of carboxylic acids is 1. The topological polar surface area (TPSA) is 42.2 Å². The van der Waals surface area contributed by atoms with Gasteiger partial charge in [0.25, 0.3) is 0 Å². The Morgan fingerprint density at radius 1 is 0.920 bits per heavy atom. The van der Waals surface area contributed by atoms with Gasteiger partial charge >= 0.3 is 5.97 Å². The minimum absolute atomic E-state index is 0.742. The van der Waals surface area contributed by atoms with Crippen molar-refractivity contribution in [1.82, 2.24) is 4.57 Å². The first-order valence-corrected chi connectivity index (χ1v) is 8.17. The van der Waals surface area contributed by atoms with E-state index in [1.165, 1.54) is 22.4 Å². The highest BCUT2D eigenvalue weighted by Gasteiger charge is 2.06. The van der Waals surface area contributed by atoms with E-state index in [2.05, 4.69) is 47.2 Å². The Morgan fingerprint density at radius 3 is 2.56 bits per heavy atom. The minimum atomic E-state index is -0.940. The Kier molecular flexibility index (Phi) is 3.82. The van der Waals surface area contributed by atoms with E-state index < -0.39 is 5.97 Å². The van der Waals surface area contributed by atoms with Gasteiger partial charge in [-0.3, -0.25) is 0 Å². The largest absolute Gasteiger partial charge is 0.478 e. The van der Waals surface area contributed by atoms with Crippen molar-refractivity contribution in [2.75, 3.05) is 0 Å². The molecule has 0 spiro atoms. The smallest absolute Gasteiger partial charge is 0.328 e. The lowest BCUT2D eigenvalue weighted by Crippen LogP contribution is -1.99. The van der Waals surface area contributed by atoms with Gasteiger partial charge in [-0.25, -0.2) is 4.79 Å². The number of fused-ring (bicyclic) bond motifs is 2. The second-order valence-electron chi connectivity index (χ2n) is 6.08. The first-order valence-electron chi connectivity index (χ1n) is 8.17. The fourth-order valence-corrected chi connectivity index (χ4v) is 3.25. The van der Waals surface area contributed by atoms with Crippen molar-refractivity contribution in [3.8, 4) is 0 Å². The summed E-state index contributed by atoms with van der Waals surface area (Å²) in [6.45, 7) is 0.742. The molecule has 0 unspecified atom stereocenters. The maximum atomic E-state index is 10.9. The molecule has 25 heavy (non-hydrogen) atoms. The molecule has 0 atom stereocenters. The van der Waals surface area contributed by atoms with Crippen LogP contribution in [0.2, 0.25) is 0 Å². The van der Waals surface area contributed by atoms with Gasteiger partial charge in [0.2, 0.25) is 0 Å². The number of carbonyl (C=O) groups is 1. The Hall–Kier alpha value is -3.33. The summed E-state index contributed by atoms with van der Waals surface area (Å²) in [5, 5.41) is 12.5. The summed E-state index contributed by atoms with van der Waals surface area (Å²) in [6.07, 6.45) is 4.89. The monoisotopic (exact) mass is 327 g/mol. The van der Waals surface area contributed by atoms with Crippen LogP contribution < -0.4 is 0 Å². The molecule has 3 nitrogen and oxygen atoms in total. The van der Waals surface area contributed by atoms with Crippen molar-refractivity contribution in [2.24, 2.45) is 0 Å². The number of para-hydroxylation sites is 1. The quantitative estimate of drug-likeness (QED) is 0.539. The van der Waals surface area contributed by atoms with E-state index in [1.807, 2.05) is 30.3 Å². The average Bonchev–Trinajstić information content (AvgIpc) is 3.03. The van der Waals surface area contributed by atoms with Gasteiger partial charge < -0.3 is 9.67 Å². The zero-order valence-electron chi connectivity index (χ0n) is 13.6. The fourth-order valence-electron chi connectivity index (χ4n) is 3.25. The number of aliphatic carboxylic acids is 1. The molecule has 0 aliphatic rings. The predicted molar refractivity (Wildman–Crippen MR) is 102 cm³/mol. The molecule has 1 aromatic heterocycles. The molecule has 3 aromatic carbocycles. The molecule has 0 bridgehead atoms. The van der Waals surface area contributed by atoms with Crippen LogP contribution in [0.25, 0.3) is 27.8 Å². The van der Waals surface area contributed by atoms with E-state index in [0.717, 1.165) is 23.0 Å². The number of nitrogens with zero attached hydrogens (tertiary/aromatic N) is 1. The Bertz CT molecular complexity index is 1110. The molecule has 122 valence electrons. The van der Waals surface area contributed by atoms with Crippen LogP contribution >= 0.6 is 0 Å². The van der Waals surface area contributed by atoms with Gasteiger partial charge in [0.1, 0.15) is 0 Å². The second-order valence-corrected chi connectivity index (χ2v) is 6.08. The molecule has 0 aliphatic carbocycles. The lowest BCUT2D eigenvalue weighted by Gasteiger charge is -2.09. The van der Waals surface area contributed by atoms with Crippen molar-refractivity contribution < 1.29 is 9.90 Å². The number of hydrogen-bond donors (Lipinski definition) is 1. The lowest BCUT2D eigenvalue weighted by molar-refractivity contribution is -0.131. The molecule has 0 aliphatic heterocycles. The number of benzene rings is 3. The summed E-state index contributed by atoms with van der Waals surface area (Å²) in [5.41, 5.74) is 3.17. The van der Waals surface area contributed by atoms with Gasteiger partial charge in [0.15, 0.2) is 0 Å². The summed E-state index contributed by atoms with van der Waals surface area (Å²) in [6, 6.07) is 22.8. The van der Waals surface area contributed by atoms with E-state index in [4.69, 9.17) is 5.11 Å². The van der Waals surface area contributed by atoms with Crippen molar-refractivity contribution in [3.05, 3.63) is 90.1 Å². The van der Waals surface area contributed by atoms with E-state index in [9.17, 15) is 4.79 Å². The molecular weight excluding hydrogens is 310 g/mol. The summed E-state index contributed by atoms with van der Waals surface area (Å²) >= 11 is 0. The van der Waals surface area contributed by atoms with Gasteiger partial charge in [-0.2, -0.15) is 0 Å². The molecule has 1 heterocycles. The van der Waals surface area contributed by atoms with Crippen LogP contribution in [0.5, 0.6) is 0 Å². The number of carboxylic acid groups (broad SMARTS) is 1. The molecule has 0 amide bonds. The molecular formula is C22H17NO2. The molecule has 0 radical (unpaired) electrons. The third kappa shape index (κ3) is 3.04. The minimum Gasteiger partial charge on any atom is -0.478 e. The maximum Gasteiger partial charge on any atom is 0.328 e. The van der Waals surface area contributed by atoms with Crippen molar-refractivity contribution in [3.63, 3.8) is 0 Å². The Labute approximate surface area is 145 Å². The highest BCUT2D eigenvalue weighted by molar-refractivity contribution is 5.93. The number of aromatic nitrogens is 1. The summed E-state index contributed by atoms with van der Waals surface area (Å²) in [5.74, 6) is -0.940.